The van der Waals surface area contributed by atoms with Crippen LogP contribution in [-0.4, -0.2) is 62.3 Å². The van der Waals surface area contributed by atoms with Gasteiger partial charge in [-0.15, -0.1) is 0 Å². The molecule has 9 nitrogen and oxygen atoms in total. The van der Waals surface area contributed by atoms with E-state index >= 15 is 0 Å². The highest BCUT2D eigenvalue weighted by atomic mass is 16.5. The number of fused-ring (bicyclic) bond motifs is 3. The Morgan fingerprint density at radius 3 is 2.40 bits per heavy atom. The second kappa shape index (κ2) is 12.7. The lowest BCUT2D eigenvalue weighted by molar-refractivity contribution is -0.253. The van der Waals surface area contributed by atoms with E-state index in [1.54, 1.807) is 6.33 Å². The molecule has 292 valence electrons. The van der Waals surface area contributed by atoms with Crippen LogP contribution >= 0.6 is 0 Å². The van der Waals surface area contributed by atoms with E-state index in [0.717, 1.165) is 49.9 Å². The molecule has 3 N–H and O–H groups in total. The topological polar surface area (TPSA) is 125 Å². The number of allylic oxidation sites excluding steroid dienone is 1. The fourth-order valence-electron chi connectivity index (χ4n) is 12.8. The van der Waals surface area contributed by atoms with Gasteiger partial charge in [0.05, 0.1) is 37.9 Å². The highest BCUT2D eigenvalue weighted by Gasteiger charge is 2.72. The largest absolute Gasteiger partial charge is 0.481 e. The molecule has 1 aliphatic heterocycles. The van der Waals surface area contributed by atoms with Gasteiger partial charge in [-0.05, 0) is 103 Å². The molecule has 12 atom stereocenters. The molecule has 4 aliphatic carbocycles. The van der Waals surface area contributed by atoms with E-state index in [2.05, 4.69) is 91.9 Å². The summed E-state index contributed by atoms with van der Waals surface area (Å²) in [6.07, 6.45) is 13.3. The minimum atomic E-state index is -0.625. The molecule has 9 heteroatoms. The van der Waals surface area contributed by atoms with Crippen molar-refractivity contribution >= 4 is 5.97 Å². The van der Waals surface area contributed by atoms with Crippen LogP contribution < -0.4 is 5.73 Å². The van der Waals surface area contributed by atoms with Crippen LogP contribution in [-0.2, 0) is 14.3 Å². The molecule has 0 spiro atoms. The predicted octanol–water partition coefficient (Wildman–Crippen LogP) is 8.62. The predicted molar refractivity (Wildman–Crippen MR) is 208 cm³/mol. The Labute approximate surface area is 318 Å². The van der Waals surface area contributed by atoms with Gasteiger partial charge >= 0.3 is 5.97 Å². The van der Waals surface area contributed by atoms with Crippen LogP contribution in [0.3, 0.4) is 0 Å². The molecule has 3 heterocycles. The average molecular weight is 730 g/mol. The highest BCUT2D eigenvalue weighted by molar-refractivity contribution is 5.73. The molecular weight excluding hydrogens is 663 g/mol. The maximum absolute atomic E-state index is 13.6. The van der Waals surface area contributed by atoms with Gasteiger partial charge in [-0.1, -0.05) is 80.9 Å². The second-order valence-electron chi connectivity index (χ2n) is 20.8. The monoisotopic (exact) mass is 730 g/mol. The first kappa shape index (κ1) is 38.6. The molecule has 1 unspecified atom stereocenters. The van der Waals surface area contributed by atoms with Crippen molar-refractivity contribution < 1.29 is 19.4 Å². The van der Waals surface area contributed by atoms with Gasteiger partial charge in [0, 0.05) is 34.3 Å². The van der Waals surface area contributed by atoms with Crippen molar-refractivity contribution in [2.45, 2.75) is 132 Å². The van der Waals surface area contributed by atoms with E-state index in [9.17, 15) is 9.90 Å². The first-order valence-corrected chi connectivity index (χ1v) is 20.4. The molecular formula is C44H67N5O4. The number of carbonyl (C=O) groups is 1. The van der Waals surface area contributed by atoms with Crippen LogP contribution in [0.1, 0.15) is 121 Å². The summed E-state index contributed by atoms with van der Waals surface area (Å²) in [6.45, 7) is 26.6. The van der Waals surface area contributed by atoms with Gasteiger partial charge in [-0.25, -0.2) is 9.67 Å². The van der Waals surface area contributed by atoms with Gasteiger partial charge in [-0.2, -0.15) is 5.10 Å². The van der Waals surface area contributed by atoms with Crippen LogP contribution in [0, 0.1) is 62.1 Å². The van der Waals surface area contributed by atoms with Crippen molar-refractivity contribution in [3.05, 3.63) is 42.5 Å². The summed E-state index contributed by atoms with van der Waals surface area (Å²) in [4.78, 5) is 22.7. The number of nitrogens with two attached hydrogens (primary N) is 1. The van der Waals surface area contributed by atoms with Crippen molar-refractivity contribution in [3.8, 4) is 11.4 Å². The molecule has 0 amide bonds. The van der Waals surface area contributed by atoms with E-state index in [4.69, 9.17) is 25.3 Å². The number of ether oxygens (including phenoxy) is 2. The van der Waals surface area contributed by atoms with Crippen molar-refractivity contribution in [1.82, 2.24) is 19.7 Å². The minimum absolute atomic E-state index is 0.115. The zero-order valence-corrected chi connectivity index (χ0v) is 34.4. The van der Waals surface area contributed by atoms with Gasteiger partial charge in [0.25, 0.3) is 0 Å². The van der Waals surface area contributed by atoms with Gasteiger partial charge in [0.2, 0.25) is 0 Å². The molecule has 2 aromatic heterocycles. The Morgan fingerprint density at radius 2 is 1.75 bits per heavy atom. The van der Waals surface area contributed by atoms with Crippen LogP contribution in [0.2, 0.25) is 0 Å². The number of carboxylic acid groups (broad SMARTS) is 1. The summed E-state index contributed by atoms with van der Waals surface area (Å²) in [5, 5.41) is 16.1. The zero-order chi connectivity index (χ0) is 38.6. The van der Waals surface area contributed by atoms with Crippen molar-refractivity contribution in [2.24, 2.45) is 67.8 Å². The Kier molecular flexibility index (Phi) is 9.26. The number of rotatable bonds is 8. The lowest BCUT2D eigenvalue weighted by Crippen LogP contribution is -2.69. The Morgan fingerprint density at radius 1 is 1.06 bits per heavy atom. The molecule has 0 radical (unpaired) electrons. The van der Waals surface area contributed by atoms with Crippen molar-refractivity contribution in [2.75, 3.05) is 19.8 Å². The van der Waals surface area contributed by atoms with Crippen LogP contribution in [0.4, 0.5) is 0 Å². The lowest BCUT2D eigenvalue weighted by atomic mass is 9.34. The number of aromatic nitrogens is 4. The summed E-state index contributed by atoms with van der Waals surface area (Å²) in [7, 11) is 0. The van der Waals surface area contributed by atoms with Crippen LogP contribution in [0.5, 0.6) is 0 Å². The SMILES string of the molecule is CC(C)[C@@H](C)[C@@]1(C)CC[C@]2(C)[C@H]3CC[C@@H]4C5(COC[C@]4(C)[C@@H](OC[C@](C)(N)C(C)(C)C)[C@H](n4ncnc4-c4ccncc4)C5)C3=CC[C@@]2(C)[C@@H]1C(=O)O. The Balaban J connectivity index is 1.35. The average Bonchev–Trinajstić information content (AvgIpc) is 3.57. The minimum Gasteiger partial charge on any atom is -0.481 e. The molecule has 1 saturated heterocycles. The molecule has 0 aromatic carbocycles. The standard InChI is InChI=1S/C44H67N5O4/c1-27(2)28(3)39(7)18-19-41(9)30-12-13-33-40(8)23-52-25-44(33,31(30)14-17-42(41,10)34(39)37(50)51)22-32(35(40)53-24-43(11,45)38(4,5)6)49-36(47-26-48-49)29-15-20-46-21-16-29/h14-16,20-21,26-28,30,32-35H,12-13,17-19,22-25,45H2,1-11H3,(H,50,51)/t28-,30+,32-,33+,34-,35+,39-,40+,41-,42+,43+,44?/m1/s1. The van der Waals surface area contributed by atoms with Crippen molar-refractivity contribution in [1.29, 1.82) is 0 Å². The fraction of sp³-hybridized carbons (Fsp3) is 0.773. The quantitative estimate of drug-likeness (QED) is 0.259. The van der Waals surface area contributed by atoms with Gasteiger partial charge in [0.15, 0.2) is 5.82 Å². The van der Waals surface area contributed by atoms with E-state index < -0.39 is 17.4 Å². The third-order valence-electron chi connectivity index (χ3n) is 17.2. The number of carboxylic acids is 1. The summed E-state index contributed by atoms with van der Waals surface area (Å²) in [5.41, 5.74) is 7.43. The molecule has 2 bridgehead atoms. The maximum Gasteiger partial charge on any atom is 0.307 e. The fourth-order valence-corrected chi connectivity index (χ4v) is 12.8. The summed E-state index contributed by atoms with van der Waals surface area (Å²) < 4.78 is 16.1. The number of pyridine rings is 1. The third kappa shape index (κ3) is 5.47. The molecule has 5 aliphatic rings. The maximum atomic E-state index is 13.6. The number of hydrogen-bond acceptors (Lipinski definition) is 7. The number of hydrogen-bond donors (Lipinski definition) is 2. The Bertz CT molecular complexity index is 1730. The van der Waals surface area contributed by atoms with E-state index in [-0.39, 0.29) is 50.6 Å². The van der Waals surface area contributed by atoms with E-state index in [0.29, 0.717) is 37.6 Å². The van der Waals surface area contributed by atoms with Crippen LogP contribution in [0.25, 0.3) is 11.4 Å². The number of nitrogens with zero attached hydrogens (tertiary/aromatic N) is 4. The summed E-state index contributed by atoms with van der Waals surface area (Å²) in [6, 6.07) is 3.89. The van der Waals surface area contributed by atoms with Gasteiger partial charge in [-0.3, -0.25) is 9.78 Å². The highest BCUT2D eigenvalue weighted by Crippen LogP contribution is 2.75. The smallest absolute Gasteiger partial charge is 0.307 e. The Hall–Kier alpha value is -2.62. The first-order valence-electron chi connectivity index (χ1n) is 20.4. The summed E-state index contributed by atoms with van der Waals surface area (Å²) in [5.74, 6) is 1.12. The third-order valence-corrected chi connectivity index (χ3v) is 17.2. The molecule has 53 heavy (non-hydrogen) atoms. The summed E-state index contributed by atoms with van der Waals surface area (Å²) >= 11 is 0. The van der Waals surface area contributed by atoms with E-state index in [1.165, 1.54) is 5.57 Å². The molecule has 7 rings (SSSR count). The van der Waals surface area contributed by atoms with Gasteiger partial charge in [0.1, 0.15) is 6.33 Å². The second-order valence-corrected chi connectivity index (χ2v) is 20.8. The number of aliphatic carboxylic acids is 1. The molecule has 3 saturated carbocycles. The first-order chi connectivity index (χ1) is 24.7. The van der Waals surface area contributed by atoms with Gasteiger partial charge < -0.3 is 20.3 Å². The normalized spacial score (nSPS) is 41.4. The van der Waals surface area contributed by atoms with E-state index in [1.807, 2.05) is 24.5 Å². The molecule has 2 aromatic rings. The lowest BCUT2D eigenvalue weighted by Gasteiger charge is -2.71. The van der Waals surface area contributed by atoms with Crippen LogP contribution in [0.15, 0.2) is 42.5 Å². The molecule has 4 fully saturated rings. The zero-order valence-electron chi connectivity index (χ0n) is 34.4. The van der Waals surface area contributed by atoms with Crippen molar-refractivity contribution in [3.63, 3.8) is 0 Å².